The zero-order valence-electron chi connectivity index (χ0n) is 18.5. The van der Waals surface area contributed by atoms with Crippen LogP contribution in [-0.2, 0) is 11.3 Å². The minimum Gasteiger partial charge on any atom is -0.467 e. The molecule has 0 spiro atoms. The number of amides is 1. The van der Waals surface area contributed by atoms with Crippen molar-refractivity contribution in [3.63, 3.8) is 0 Å². The molecule has 35 heavy (non-hydrogen) atoms. The molecule has 1 atom stereocenters. The van der Waals surface area contributed by atoms with Gasteiger partial charge in [-0.3, -0.25) is 4.79 Å². The lowest BCUT2D eigenvalue weighted by molar-refractivity contribution is -0.130. The highest BCUT2D eigenvalue weighted by Crippen LogP contribution is 2.35. The zero-order chi connectivity index (χ0) is 23.6. The second-order valence-corrected chi connectivity index (χ2v) is 9.00. The molecule has 0 radical (unpaired) electrons. The van der Waals surface area contributed by atoms with Gasteiger partial charge in [-0.25, -0.2) is 9.69 Å². The Labute approximate surface area is 204 Å². The van der Waals surface area contributed by atoms with Crippen molar-refractivity contribution in [3.8, 4) is 0 Å². The SMILES string of the molecule is O=C(CSc1nnnn1Cc1ccccc1)N1N=C(c2cc3ccccc3o2)C[C@H]1c1ccco1. The van der Waals surface area contributed by atoms with Crippen LogP contribution in [0.4, 0.5) is 0 Å². The maximum Gasteiger partial charge on any atom is 0.253 e. The molecule has 3 aromatic heterocycles. The van der Waals surface area contributed by atoms with Crippen molar-refractivity contribution in [2.75, 3.05) is 5.75 Å². The van der Waals surface area contributed by atoms with E-state index < -0.39 is 0 Å². The van der Waals surface area contributed by atoms with Crippen molar-refractivity contribution in [1.82, 2.24) is 25.2 Å². The van der Waals surface area contributed by atoms with E-state index in [1.165, 1.54) is 16.8 Å². The van der Waals surface area contributed by atoms with E-state index in [1.807, 2.05) is 72.8 Å². The van der Waals surface area contributed by atoms with Crippen molar-refractivity contribution < 1.29 is 13.6 Å². The van der Waals surface area contributed by atoms with Gasteiger partial charge in [-0.1, -0.05) is 60.3 Å². The van der Waals surface area contributed by atoms with Gasteiger partial charge in [0.15, 0.2) is 5.76 Å². The van der Waals surface area contributed by atoms with E-state index in [2.05, 4.69) is 20.6 Å². The smallest absolute Gasteiger partial charge is 0.253 e. The predicted molar refractivity (Wildman–Crippen MR) is 130 cm³/mol. The predicted octanol–water partition coefficient (Wildman–Crippen LogP) is 4.53. The zero-order valence-corrected chi connectivity index (χ0v) is 19.3. The molecule has 174 valence electrons. The number of benzene rings is 2. The Bertz CT molecular complexity index is 1460. The lowest BCUT2D eigenvalue weighted by Gasteiger charge is -2.19. The highest BCUT2D eigenvalue weighted by atomic mass is 32.2. The Balaban J connectivity index is 1.22. The van der Waals surface area contributed by atoms with E-state index in [9.17, 15) is 4.79 Å². The Morgan fingerprint density at radius 2 is 1.91 bits per heavy atom. The summed E-state index contributed by atoms with van der Waals surface area (Å²) in [4.78, 5) is 13.3. The van der Waals surface area contributed by atoms with Crippen molar-refractivity contribution in [2.45, 2.75) is 24.2 Å². The fraction of sp³-hybridized carbons (Fsp3) is 0.160. The fourth-order valence-electron chi connectivity index (χ4n) is 4.06. The number of aromatic nitrogens is 4. The maximum absolute atomic E-state index is 13.3. The number of carbonyl (C=O) groups excluding carboxylic acids is 1. The molecular formula is C25H20N6O3S. The van der Waals surface area contributed by atoms with Crippen molar-refractivity contribution in [3.05, 3.63) is 96.1 Å². The Hall–Kier alpha value is -4.18. The largest absolute Gasteiger partial charge is 0.467 e. The maximum atomic E-state index is 13.3. The number of furan rings is 2. The number of rotatable bonds is 7. The van der Waals surface area contributed by atoms with Crippen LogP contribution in [0.5, 0.6) is 0 Å². The van der Waals surface area contributed by atoms with Gasteiger partial charge in [-0.05, 0) is 40.3 Å². The van der Waals surface area contributed by atoms with E-state index in [4.69, 9.17) is 8.83 Å². The number of fused-ring (bicyclic) bond motifs is 1. The average molecular weight is 485 g/mol. The summed E-state index contributed by atoms with van der Waals surface area (Å²) in [5.74, 6) is 1.28. The molecule has 0 saturated carbocycles. The molecule has 0 N–H and O–H groups in total. The Morgan fingerprint density at radius 3 is 2.74 bits per heavy atom. The first kappa shape index (κ1) is 21.4. The number of carbonyl (C=O) groups is 1. The van der Waals surface area contributed by atoms with Crippen LogP contribution < -0.4 is 0 Å². The van der Waals surface area contributed by atoms with Crippen LogP contribution in [-0.4, -0.2) is 42.6 Å². The highest BCUT2D eigenvalue weighted by molar-refractivity contribution is 7.99. The summed E-state index contributed by atoms with van der Waals surface area (Å²) in [6.07, 6.45) is 2.10. The van der Waals surface area contributed by atoms with E-state index in [0.29, 0.717) is 35.4 Å². The lowest BCUT2D eigenvalue weighted by Crippen LogP contribution is -2.28. The summed E-state index contributed by atoms with van der Waals surface area (Å²) in [5.41, 5.74) is 2.56. The van der Waals surface area contributed by atoms with Crippen LogP contribution in [0.25, 0.3) is 11.0 Å². The molecular weight excluding hydrogens is 464 g/mol. The Morgan fingerprint density at radius 1 is 1.06 bits per heavy atom. The molecule has 4 heterocycles. The van der Waals surface area contributed by atoms with Gasteiger partial charge < -0.3 is 8.83 Å². The lowest BCUT2D eigenvalue weighted by atomic mass is 10.1. The number of thioether (sulfide) groups is 1. The number of hydrazone groups is 1. The first-order valence-electron chi connectivity index (χ1n) is 11.1. The van der Waals surface area contributed by atoms with E-state index >= 15 is 0 Å². The molecule has 0 fully saturated rings. The van der Waals surface area contributed by atoms with Gasteiger partial charge in [-0.15, -0.1) is 5.10 Å². The van der Waals surface area contributed by atoms with Gasteiger partial charge >= 0.3 is 0 Å². The van der Waals surface area contributed by atoms with Gasteiger partial charge in [0.1, 0.15) is 23.1 Å². The van der Waals surface area contributed by atoms with E-state index in [-0.39, 0.29) is 17.7 Å². The van der Waals surface area contributed by atoms with Crippen LogP contribution >= 0.6 is 11.8 Å². The molecule has 1 aliphatic heterocycles. The first-order valence-corrected chi connectivity index (χ1v) is 12.1. The summed E-state index contributed by atoms with van der Waals surface area (Å²) in [6.45, 7) is 0.525. The summed E-state index contributed by atoms with van der Waals surface area (Å²) in [7, 11) is 0. The molecule has 2 aromatic carbocycles. The van der Waals surface area contributed by atoms with Gasteiger partial charge in [0.2, 0.25) is 5.16 Å². The molecule has 5 aromatic rings. The number of hydrogen-bond donors (Lipinski definition) is 0. The summed E-state index contributed by atoms with van der Waals surface area (Å²) in [5, 5.41) is 19.6. The molecule has 0 saturated heterocycles. The third-order valence-electron chi connectivity index (χ3n) is 5.75. The third-order valence-corrected chi connectivity index (χ3v) is 6.69. The van der Waals surface area contributed by atoms with Crippen LogP contribution in [0.3, 0.4) is 0 Å². The van der Waals surface area contributed by atoms with Crippen LogP contribution in [0, 0.1) is 0 Å². The van der Waals surface area contributed by atoms with Gasteiger partial charge in [0, 0.05) is 11.8 Å². The molecule has 0 aliphatic carbocycles. The molecule has 10 heteroatoms. The summed E-state index contributed by atoms with van der Waals surface area (Å²) >= 11 is 1.28. The van der Waals surface area contributed by atoms with Gasteiger partial charge in [-0.2, -0.15) is 5.10 Å². The second kappa shape index (κ2) is 9.22. The quantitative estimate of drug-likeness (QED) is 0.313. The monoisotopic (exact) mass is 484 g/mol. The highest BCUT2D eigenvalue weighted by Gasteiger charge is 2.36. The number of hydrogen-bond acceptors (Lipinski definition) is 8. The van der Waals surface area contributed by atoms with Crippen molar-refractivity contribution in [2.24, 2.45) is 5.10 Å². The fourth-order valence-corrected chi connectivity index (χ4v) is 4.79. The van der Waals surface area contributed by atoms with Crippen LogP contribution in [0.15, 0.2) is 98.2 Å². The molecule has 9 nitrogen and oxygen atoms in total. The summed E-state index contributed by atoms with van der Waals surface area (Å²) < 4.78 is 13.3. The van der Waals surface area contributed by atoms with Gasteiger partial charge in [0.05, 0.1) is 18.6 Å². The van der Waals surface area contributed by atoms with E-state index in [1.54, 1.807) is 10.9 Å². The first-order chi connectivity index (χ1) is 17.2. The average Bonchev–Trinajstić information content (AvgIpc) is 3.68. The van der Waals surface area contributed by atoms with Crippen molar-refractivity contribution in [1.29, 1.82) is 0 Å². The molecule has 6 rings (SSSR count). The minimum atomic E-state index is -0.346. The molecule has 0 unspecified atom stereocenters. The molecule has 0 bridgehead atoms. The number of nitrogens with zero attached hydrogens (tertiary/aromatic N) is 6. The third kappa shape index (κ3) is 4.35. The van der Waals surface area contributed by atoms with Crippen molar-refractivity contribution >= 4 is 34.3 Å². The Kier molecular flexibility index (Phi) is 5.63. The normalized spacial score (nSPS) is 15.6. The molecule has 1 amide bonds. The topological polar surface area (TPSA) is 103 Å². The molecule has 1 aliphatic rings. The van der Waals surface area contributed by atoms with Crippen LogP contribution in [0.1, 0.15) is 29.5 Å². The second-order valence-electron chi connectivity index (χ2n) is 8.06. The summed E-state index contributed by atoms with van der Waals surface area (Å²) in [6, 6.07) is 23.0. The standard InChI is InChI=1S/C25H20N6O3S/c32-24(16-35-25-26-28-29-30(25)15-17-7-2-1-3-8-17)31-20(22-11-6-12-33-22)14-19(27-31)23-13-18-9-4-5-10-21(18)34-23/h1-13,20H,14-16H2/t20-/m0/s1. The van der Waals surface area contributed by atoms with E-state index in [0.717, 1.165) is 16.5 Å². The number of tetrazole rings is 1. The number of para-hydroxylation sites is 1. The van der Waals surface area contributed by atoms with Gasteiger partial charge in [0.25, 0.3) is 5.91 Å². The minimum absolute atomic E-state index is 0.128. The van der Waals surface area contributed by atoms with Crippen LogP contribution in [0.2, 0.25) is 0 Å².